The number of anilines is 1. The van der Waals surface area contributed by atoms with Crippen molar-refractivity contribution < 1.29 is 18.8 Å². The normalized spacial score (nSPS) is 13.3. The fourth-order valence-corrected chi connectivity index (χ4v) is 4.06. The van der Waals surface area contributed by atoms with Crippen LogP contribution in [0.4, 0.5) is 10.1 Å². The lowest BCUT2D eigenvalue weighted by atomic mass is 10.1. The summed E-state index contributed by atoms with van der Waals surface area (Å²) in [6.07, 6.45) is 2.13. The van der Waals surface area contributed by atoms with Crippen LogP contribution in [-0.2, 0) is 16.1 Å². The zero-order valence-electron chi connectivity index (χ0n) is 19.6. The summed E-state index contributed by atoms with van der Waals surface area (Å²) in [5.41, 5.74) is 4.70. The number of nitrogens with zero attached hydrogens (tertiary/aromatic N) is 3. The Morgan fingerprint density at radius 3 is 2.19 bits per heavy atom. The Morgan fingerprint density at radius 2 is 1.56 bits per heavy atom. The third-order valence-electron chi connectivity index (χ3n) is 6.08. The average Bonchev–Trinajstić information content (AvgIpc) is 3.46. The zero-order valence-corrected chi connectivity index (χ0v) is 19.6. The molecule has 1 saturated heterocycles. The van der Waals surface area contributed by atoms with Crippen molar-refractivity contribution in [1.82, 2.24) is 14.7 Å². The van der Waals surface area contributed by atoms with Gasteiger partial charge in [-0.2, -0.15) is 5.10 Å². The van der Waals surface area contributed by atoms with Crippen LogP contribution in [0.25, 0.3) is 16.9 Å². The van der Waals surface area contributed by atoms with Gasteiger partial charge in [0, 0.05) is 30.3 Å². The molecule has 5 rings (SSSR count). The lowest BCUT2D eigenvalue weighted by molar-refractivity contribution is -0.139. The molecule has 0 unspecified atom stereocenters. The summed E-state index contributed by atoms with van der Waals surface area (Å²) in [6, 6.07) is 20.6. The summed E-state index contributed by atoms with van der Waals surface area (Å²) in [5, 5.41) is 7.51. The molecule has 0 aliphatic carbocycles. The van der Waals surface area contributed by atoms with E-state index in [0.717, 1.165) is 16.7 Å². The minimum atomic E-state index is -0.357. The van der Waals surface area contributed by atoms with E-state index < -0.39 is 0 Å². The van der Waals surface area contributed by atoms with E-state index in [1.807, 2.05) is 31.2 Å². The van der Waals surface area contributed by atoms with Crippen molar-refractivity contribution in [3.8, 4) is 16.9 Å². The molecule has 1 N–H and O–H groups in total. The van der Waals surface area contributed by atoms with Gasteiger partial charge in [-0.3, -0.25) is 19.3 Å². The molecule has 3 amide bonds. The molecule has 2 heterocycles. The van der Waals surface area contributed by atoms with Crippen molar-refractivity contribution >= 4 is 23.4 Å². The van der Waals surface area contributed by atoms with E-state index in [2.05, 4.69) is 10.4 Å². The molecule has 1 aromatic heterocycles. The molecule has 1 aliphatic heterocycles. The highest BCUT2D eigenvalue weighted by atomic mass is 19.1. The number of halogens is 1. The van der Waals surface area contributed by atoms with Crippen LogP contribution in [0.1, 0.15) is 34.3 Å². The first kappa shape index (κ1) is 23.2. The highest BCUT2D eigenvalue weighted by Gasteiger charge is 2.28. The number of hydrogen-bond donors (Lipinski definition) is 1. The third-order valence-corrected chi connectivity index (χ3v) is 6.08. The van der Waals surface area contributed by atoms with Gasteiger partial charge >= 0.3 is 0 Å². The van der Waals surface area contributed by atoms with Gasteiger partial charge in [0.2, 0.25) is 11.8 Å². The molecule has 0 radical (unpaired) electrons. The Bertz CT molecular complexity index is 1430. The summed E-state index contributed by atoms with van der Waals surface area (Å²) in [6.45, 7) is 2.20. The third kappa shape index (κ3) is 4.79. The number of amides is 3. The van der Waals surface area contributed by atoms with Gasteiger partial charge in [0.1, 0.15) is 11.5 Å². The van der Waals surface area contributed by atoms with Crippen LogP contribution >= 0.6 is 0 Å². The minimum absolute atomic E-state index is 0.167. The van der Waals surface area contributed by atoms with Crippen LogP contribution in [0.15, 0.2) is 79.0 Å². The predicted octanol–water partition coefficient (Wildman–Crippen LogP) is 4.89. The van der Waals surface area contributed by atoms with Gasteiger partial charge in [-0.1, -0.05) is 42.0 Å². The quantitative estimate of drug-likeness (QED) is 0.397. The van der Waals surface area contributed by atoms with Gasteiger partial charge in [-0.05, 0) is 48.9 Å². The molecular weight excluding hydrogens is 459 g/mol. The van der Waals surface area contributed by atoms with E-state index in [-0.39, 0.29) is 42.9 Å². The molecule has 0 saturated carbocycles. The van der Waals surface area contributed by atoms with Crippen molar-refractivity contribution in [2.45, 2.75) is 26.3 Å². The van der Waals surface area contributed by atoms with Crippen LogP contribution in [0.2, 0.25) is 0 Å². The second-order valence-corrected chi connectivity index (χ2v) is 8.70. The van der Waals surface area contributed by atoms with Crippen LogP contribution in [0, 0.1) is 12.7 Å². The first-order valence-corrected chi connectivity index (χ1v) is 11.5. The van der Waals surface area contributed by atoms with Crippen molar-refractivity contribution in [3.63, 3.8) is 0 Å². The molecule has 3 aromatic carbocycles. The summed E-state index contributed by atoms with van der Waals surface area (Å²) < 4.78 is 15.0. The number of imide groups is 1. The van der Waals surface area contributed by atoms with Crippen LogP contribution in [0.3, 0.4) is 0 Å². The second-order valence-electron chi connectivity index (χ2n) is 8.70. The maximum Gasteiger partial charge on any atom is 0.259 e. The maximum atomic E-state index is 13.4. The number of rotatable bonds is 6. The highest BCUT2D eigenvalue weighted by Crippen LogP contribution is 2.26. The number of aryl methyl sites for hydroxylation is 1. The molecule has 0 bridgehead atoms. The fourth-order valence-electron chi connectivity index (χ4n) is 4.06. The minimum Gasteiger partial charge on any atom is -0.322 e. The van der Waals surface area contributed by atoms with Gasteiger partial charge in [0.15, 0.2) is 0 Å². The predicted molar refractivity (Wildman–Crippen MR) is 133 cm³/mol. The molecule has 1 fully saturated rings. The molecule has 36 heavy (non-hydrogen) atoms. The Labute approximate surface area is 207 Å². The van der Waals surface area contributed by atoms with Crippen molar-refractivity contribution in [3.05, 3.63) is 102 Å². The van der Waals surface area contributed by atoms with Gasteiger partial charge in [-0.25, -0.2) is 9.07 Å². The first-order valence-electron chi connectivity index (χ1n) is 11.5. The Morgan fingerprint density at radius 1 is 0.917 bits per heavy atom. The zero-order chi connectivity index (χ0) is 25.2. The fraction of sp³-hybridized carbons (Fsp3) is 0.143. The molecule has 7 nitrogen and oxygen atoms in total. The van der Waals surface area contributed by atoms with Crippen molar-refractivity contribution in [2.75, 3.05) is 5.32 Å². The summed E-state index contributed by atoms with van der Waals surface area (Å²) in [7, 11) is 0. The molecule has 8 heteroatoms. The molecule has 4 aromatic rings. The largest absolute Gasteiger partial charge is 0.322 e. The van der Waals surface area contributed by atoms with E-state index in [0.29, 0.717) is 22.6 Å². The van der Waals surface area contributed by atoms with Crippen LogP contribution in [0.5, 0.6) is 0 Å². The monoisotopic (exact) mass is 482 g/mol. The number of carbonyl (C=O) groups is 3. The number of hydrogen-bond acceptors (Lipinski definition) is 4. The van der Waals surface area contributed by atoms with Crippen LogP contribution in [-0.4, -0.2) is 32.4 Å². The first-order chi connectivity index (χ1) is 17.4. The van der Waals surface area contributed by atoms with Gasteiger partial charge in [0.25, 0.3) is 5.91 Å². The lowest BCUT2D eigenvalue weighted by Gasteiger charge is -2.14. The number of carbonyl (C=O) groups excluding carboxylic acids is 3. The topological polar surface area (TPSA) is 84.3 Å². The van der Waals surface area contributed by atoms with E-state index in [9.17, 15) is 18.8 Å². The van der Waals surface area contributed by atoms with Crippen molar-refractivity contribution in [2.24, 2.45) is 0 Å². The Hall–Kier alpha value is -4.59. The Balaban J connectivity index is 1.40. The standard InChI is InChI=1S/C28H23FN4O3/c1-18-2-6-20(7-3-18)27-24(17-33(31-27)23-12-8-21(29)9-13-23)28(36)30-22-10-4-19(5-11-22)16-32-25(34)14-15-26(32)35/h2-13,17H,14-16H2,1H3,(H,30,36). The summed E-state index contributed by atoms with van der Waals surface area (Å²) in [5.74, 6) is -1.04. The number of benzene rings is 3. The molecule has 1 aliphatic rings. The van der Waals surface area contributed by atoms with Gasteiger partial charge in [0.05, 0.1) is 17.8 Å². The molecular formula is C28H23FN4O3. The average molecular weight is 483 g/mol. The molecule has 0 spiro atoms. The van der Waals surface area contributed by atoms with E-state index >= 15 is 0 Å². The second kappa shape index (κ2) is 9.58. The van der Waals surface area contributed by atoms with Gasteiger partial charge < -0.3 is 5.32 Å². The lowest BCUT2D eigenvalue weighted by Crippen LogP contribution is -2.28. The van der Waals surface area contributed by atoms with Crippen LogP contribution < -0.4 is 5.32 Å². The summed E-state index contributed by atoms with van der Waals surface area (Å²) >= 11 is 0. The molecule has 0 atom stereocenters. The van der Waals surface area contributed by atoms with Crippen molar-refractivity contribution in [1.29, 1.82) is 0 Å². The smallest absolute Gasteiger partial charge is 0.259 e. The maximum absolute atomic E-state index is 13.4. The van der Waals surface area contributed by atoms with Gasteiger partial charge in [-0.15, -0.1) is 0 Å². The number of aromatic nitrogens is 2. The number of likely N-dealkylation sites (tertiary alicyclic amines) is 1. The summed E-state index contributed by atoms with van der Waals surface area (Å²) in [4.78, 5) is 38.3. The van der Waals surface area contributed by atoms with E-state index in [4.69, 9.17) is 0 Å². The Kier molecular flexibility index (Phi) is 6.16. The molecule has 180 valence electrons. The SMILES string of the molecule is Cc1ccc(-c2nn(-c3ccc(F)cc3)cc2C(=O)Nc2ccc(CN3C(=O)CCC3=O)cc2)cc1. The van der Waals surface area contributed by atoms with E-state index in [1.54, 1.807) is 47.3 Å². The van der Waals surface area contributed by atoms with E-state index in [1.165, 1.54) is 17.0 Å². The number of nitrogens with one attached hydrogen (secondary N) is 1. The highest BCUT2D eigenvalue weighted by molar-refractivity contribution is 6.08.